The van der Waals surface area contributed by atoms with Gasteiger partial charge in [-0.3, -0.25) is 0 Å². The first-order valence-corrected chi connectivity index (χ1v) is 8.97. The third kappa shape index (κ3) is 3.89. The van der Waals surface area contributed by atoms with Crippen LogP contribution in [0.3, 0.4) is 0 Å². The Bertz CT molecular complexity index is 833. The molecule has 0 atom stereocenters. The molecule has 0 saturated carbocycles. The summed E-state index contributed by atoms with van der Waals surface area (Å²) in [5.74, 6) is 1.87. The van der Waals surface area contributed by atoms with Gasteiger partial charge in [0.15, 0.2) is 0 Å². The van der Waals surface area contributed by atoms with Gasteiger partial charge in [0, 0.05) is 23.2 Å². The van der Waals surface area contributed by atoms with Crippen LogP contribution < -0.4 is 4.74 Å². The second-order valence-corrected chi connectivity index (χ2v) is 7.00. The highest BCUT2D eigenvalue weighted by Gasteiger charge is 2.11. The zero-order chi connectivity index (χ0) is 16.9. The van der Waals surface area contributed by atoms with Gasteiger partial charge < -0.3 is 9.64 Å². The SMILES string of the molecule is COc1cccc(-c2cc3ccccc3nc2SCCN(C)C)c1. The number of thioether (sulfide) groups is 1. The van der Waals surface area contributed by atoms with Crippen molar-refractivity contribution in [3.63, 3.8) is 0 Å². The second kappa shape index (κ2) is 7.69. The number of hydrogen-bond donors (Lipinski definition) is 0. The lowest BCUT2D eigenvalue weighted by molar-refractivity contribution is 0.415. The van der Waals surface area contributed by atoms with Gasteiger partial charge in [-0.25, -0.2) is 4.98 Å². The molecule has 4 heteroatoms. The molecule has 3 nitrogen and oxygen atoms in total. The van der Waals surface area contributed by atoms with Crippen molar-refractivity contribution in [1.29, 1.82) is 0 Å². The Balaban J connectivity index is 2.05. The molecule has 1 aromatic heterocycles. The van der Waals surface area contributed by atoms with Gasteiger partial charge in [-0.1, -0.05) is 30.3 Å². The van der Waals surface area contributed by atoms with Crippen molar-refractivity contribution < 1.29 is 4.74 Å². The Labute approximate surface area is 147 Å². The predicted molar refractivity (Wildman–Crippen MR) is 103 cm³/mol. The van der Waals surface area contributed by atoms with Crippen LogP contribution in [0.25, 0.3) is 22.0 Å². The van der Waals surface area contributed by atoms with E-state index in [2.05, 4.69) is 55.4 Å². The number of benzene rings is 2. The van der Waals surface area contributed by atoms with Crippen LogP contribution in [-0.4, -0.2) is 43.4 Å². The van der Waals surface area contributed by atoms with Gasteiger partial charge in [0.2, 0.25) is 0 Å². The lowest BCUT2D eigenvalue weighted by Crippen LogP contribution is -2.14. The maximum absolute atomic E-state index is 5.38. The zero-order valence-corrected chi connectivity index (χ0v) is 15.1. The standard InChI is InChI=1S/C20H22N2OS/c1-22(2)11-12-24-20-18(15-8-6-9-17(13-15)23-3)14-16-7-4-5-10-19(16)21-20/h4-10,13-14H,11-12H2,1-3H3. The van der Waals surface area contributed by atoms with Gasteiger partial charge in [0.05, 0.1) is 12.6 Å². The molecule has 0 bridgehead atoms. The summed E-state index contributed by atoms with van der Waals surface area (Å²) in [6.07, 6.45) is 0. The van der Waals surface area contributed by atoms with Crippen molar-refractivity contribution in [1.82, 2.24) is 9.88 Å². The Morgan fingerprint density at radius 2 is 1.88 bits per heavy atom. The van der Waals surface area contributed by atoms with Crippen LogP contribution in [0.15, 0.2) is 59.6 Å². The number of nitrogens with zero attached hydrogens (tertiary/aromatic N) is 2. The summed E-state index contributed by atoms with van der Waals surface area (Å²) in [7, 11) is 5.89. The second-order valence-electron chi connectivity index (χ2n) is 5.92. The lowest BCUT2D eigenvalue weighted by Gasteiger charge is -2.13. The van der Waals surface area contributed by atoms with E-state index in [0.717, 1.165) is 45.1 Å². The molecule has 0 saturated heterocycles. The molecule has 0 spiro atoms. The molecule has 0 unspecified atom stereocenters. The van der Waals surface area contributed by atoms with E-state index in [-0.39, 0.29) is 0 Å². The summed E-state index contributed by atoms with van der Waals surface area (Å²) in [5.41, 5.74) is 3.34. The van der Waals surface area contributed by atoms with E-state index in [4.69, 9.17) is 9.72 Å². The third-order valence-corrected chi connectivity index (χ3v) is 4.82. The molecule has 124 valence electrons. The maximum atomic E-state index is 5.38. The van der Waals surface area contributed by atoms with Crippen LogP contribution >= 0.6 is 11.8 Å². The topological polar surface area (TPSA) is 25.4 Å². The van der Waals surface area contributed by atoms with Crippen molar-refractivity contribution in [2.24, 2.45) is 0 Å². The fraction of sp³-hybridized carbons (Fsp3) is 0.250. The van der Waals surface area contributed by atoms with E-state index in [1.165, 1.54) is 0 Å². The summed E-state index contributed by atoms with van der Waals surface area (Å²) in [5, 5.41) is 2.23. The van der Waals surface area contributed by atoms with E-state index in [0.29, 0.717) is 0 Å². The molecule has 1 heterocycles. The van der Waals surface area contributed by atoms with Crippen LogP contribution in [-0.2, 0) is 0 Å². The fourth-order valence-electron chi connectivity index (χ4n) is 2.53. The van der Waals surface area contributed by atoms with Crippen molar-refractivity contribution in [3.8, 4) is 16.9 Å². The molecular formula is C20H22N2OS. The van der Waals surface area contributed by atoms with Crippen molar-refractivity contribution >= 4 is 22.7 Å². The minimum atomic E-state index is 0.866. The van der Waals surface area contributed by atoms with Crippen molar-refractivity contribution in [2.45, 2.75) is 5.03 Å². The van der Waals surface area contributed by atoms with Gasteiger partial charge >= 0.3 is 0 Å². The van der Waals surface area contributed by atoms with Gasteiger partial charge in [-0.05, 0) is 43.9 Å². The number of fused-ring (bicyclic) bond motifs is 1. The van der Waals surface area contributed by atoms with Crippen LogP contribution in [0.4, 0.5) is 0 Å². The van der Waals surface area contributed by atoms with Crippen LogP contribution in [0.5, 0.6) is 5.75 Å². The van der Waals surface area contributed by atoms with Gasteiger partial charge in [0.1, 0.15) is 10.8 Å². The van der Waals surface area contributed by atoms with Gasteiger partial charge in [-0.2, -0.15) is 0 Å². The Hall–Kier alpha value is -2.04. The number of para-hydroxylation sites is 1. The van der Waals surface area contributed by atoms with Crippen molar-refractivity contribution in [2.75, 3.05) is 33.5 Å². The smallest absolute Gasteiger partial charge is 0.119 e. The molecule has 24 heavy (non-hydrogen) atoms. The zero-order valence-electron chi connectivity index (χ0n) is 14.3. The highest BCUT2D eigenvalue weighted by atomic mass is 32.2. The summed E-state index contributed by atoms with van der Waals surface area (Å²) >= 11 is 1.80. The summed E-state index contributed by atoms with van der Waals surface area (Å²) in [6, 6.07) is 18.7. The number of rotatable bonds is 6. The van der Waals surface area contributed by atoms with Crippen LogP contribution in [0.1, 0.15) is 0 Å². The maximum Gasteiger partial charge on any atom is 0.119 e. The Morgan fingerprint density at radius 1 is 1.04 bits per heavy atom. The highest BCUT2D eigenvalue weighted by molar-refractivity contribution is 7.99. The largest absolute Gasteiger partial charge is 0.497 e. The minimum absolute atomic E-state index is 0.866. The van der Waals surface area contributed by atoms with Crippen LogP contribution in [0, 0.1) is 0 Å². The first-order chi connectivity index (χ1) is 11.7. The number of aromatic nitrogens is 1. The third-order valence-electron chi connectivity index (χ3n) is 3.85. The molecule has 0 N–H and O–H groups in total. The molecule has 0 radical (unpaired) electrons. The first kappa shape index (κ1) is 16.8. The average molecular weight is 338 g/mol. The molecule has 0 fully saturated rings. The quantitative estimate of drug-likeness (QED) is 0.615. The molecule has 0 aliphatic carbocycles. The predicted octanol–water partition coefficient (Wildman–Crippen LogP) is 4.56. The molecular weight excluding hydrogens is 316 g/mol. The molecule has 0 amide bonds. The number of ether oxygens (including phenoxy) is 1. The number of hydrogen-bond acceptors (Lipinski definition) is 4. The fourth-order valence-corrected chi connectivity index (χ4v) is 3.68. The Morgan fingerprint density at radius 3 is 2.67 bits per heavy atom. The lowest BCUT2D eigenvalue weighted by atomic mass is 10.1. The van der Waals surface area contributed by atoms with E-state index >= 15 is 0 Å². The van der Waals surface area contributed by atoms with Crippen molar-refractivity contribution in [3.05, 3.63) is 54.6 Å². The minimum Gasteiger partial charge on any atom is -0.497 e. The Kier molecular flexibility index (Phi) is 5.38. The average Bonchev–Trinajstić information content (AvgIpc) is 2.61. The normalized spacial score (nSPS) is 11.2. The molecule has 0 aliphatic heterocycles. The van der Waals surface area contributed by atoms with E-state index in [9.17, 15) is 0 Å². The van der Waals surface area contributed by atoms with Gasteiger partial charge in [-0.15, -0.1) is 11.8 Å². The molecule has 3 rings (SSSR count). The summed E-state index contributed by atoms with van der Waals surface area (Å²) < 4.78 is 5.38. The molecule has 2 aromatic carbocycles. The number of pyridine rings is 1. The van der Waals surface area contributed by atoms with E-state index < -0.39 is 0 Å². The van der Waals surface area contributed by atoms with E-state index in [1.807, 2.05) is 18.2 Å². The monoisotopic (exact) mass is 338 g/mol. The molecule has 0 aliphatic rings. The number of methoxy groups -OCH3 is 1. The summed E-state index contributed by atoms with van der Waals surface area (Å²) in [4.78, 5) is 7.10. The van der Waals surface area contributed by atoms with Gasteiger partial charge in [0.25, 0.3) is 0 Å². The highest BCUT2D eigenvalue weighted by Crippen LogP contribution is 2.34. The summed E-state index contributed by atoms with van der Waals surface area (Å²) in [6.45, 7) is 1.02. The van der Waals surface area contributed by atoms with E-state index in [1.54, 1.807) is 18.9 Å². The van der Waals surface area contributed by atoms with Crippen LogP contribution in [0.2, 0.25) is 0 Å². The first-order valence-electron chi connectivity index (χ1n) is 7.99. The molecule has 3 aromatic rings.